The number of hydrogen-bond acceptors (Lipinski definition) is 8. The molecule has 0 saturated carbocycles. The van der Waals surface area contributed by atoms with Crippen molar-refractivity contribution in [1.29, 1.82) is 0 Å². The Morgan fingerprint density at radius 2 is 1.76 bits per heavy atom. The second-order valence-electron chi connectivity index (χ2n) is 8.68. The summed E-state index contributed by atoms with van der Waals surface area (Å²) in [5, 5.41) is 3.71. The van der Waals surface area contributed by atoms with Gasteiger partial charge in [0.1, 0.15) is 12.4 Å². The molecule has 10 nitrogen and oxygen atoms in total. The van der Waals surface area contributed by atoms with Gasteiger partial charge in [0.2, 0.25) is 0 Å². The van der Waals surface area contributed by atoms with Crippen molar-refractivity contribution in [2.75, 3.05) is 44.3 Å². The molecule has 196 valence electrons. The number of hydrogen-bond donors (Lipinski definition) is 0. The van der Waals surface area contributed by atoms with Crippen molar-refractivity contribution in [3.63, 3.8) is 0 Å². The van der Waals surface area contributed by atoms with Crippen LogP contribution in [0.3, 0.4) is 0 Å². The summed E-state index contributed by atoms with van der Waals surface area (Å²) < 4.78 is 34.6. The van der Waals surface area contributed by atoms with Crippen molar-refractivity contribution >= 4 is 44.9 Å². The van der Waals surface area contributed by atoms with Crippen LogP contribution in [0.4, 0.5) is 0 Å². The maximum Gasteiger partial charge on any atom is 0.264 e. The topological polar surface area (TPSA) is 139 Å². The fraction of sp³-hybridized carbons (Fsp3) is 0.417. The van der Waals surface area contributed by atoms with Gasteiger partial charge in [0.25, 0.3) is 10.1 Å². The second kappa shape index (κ2) is 11.4. The largest absolute Gasteiger partial charge is 0.492 e. The minimum Gasteiger partial charge on any atom is -0.492 e. The summed E-state index contributed by atoms with van der Waals surface area (Å²) in [4.78, 5) is 31.8. The van der Waals surface area contributed by atoms with Crippen molar-refractivity contribution in [3.8, 4) is 5.75 Å². The number of nitrogens with zero attached hydrogens (tertiary/aromatic N) is 4. The molecular weight excluding hydrogens is 543 g/mol. The Hall–Kier alpha value is -2.66. The minimum absolute atomic E-state index is 0.00319. The number of carbonyl (C=O) groups is 2. The van der Waals surface area contributed by atoms with E-state index in [-0.39, 0.29) is 34.5 Å². The van der Waals surface area contributed by atoms with Crippen LogP contribution in [0.15, 0.2) is 35.4 Å². The molecule has 0 aliphatic heterocycles. The molecule has 0 heterocycles. The highest BCUT2D eigenvalue weighted by molar-refractivity contribution is 7.86. The molecule has 4 rings (SSSR count). The molecule has 2 aliphatic carbocycles. The number of rotatable bonds is 11. The predicted octanol–water partition coefficient (Wildman–Crippen LogP) is 3.87. The number of carbonyl (C=O) groups excluding carboxylic acids is 2. The van der Waals surface area contributed by atoms with E-state index in [0.717, 1.165) is 6.26 Å². The van der Waals surface area contributed by atoms with Gasteiger partial charge in [0, 0.05) is 65.0 Å². The van der Waals surface area contributed by atoms with Crippen LogP contribution in [-0.4, -0.2) is 75.2 Å². The second-order valence-corrected chi connectivity index (χ2v) is 11.0. The number of fused-ring (bicyclic) bond motifs is 4. The highest BCUT2D eigenvalue weighted by Gasteiger charge is 2.41. The zero-order valence-electron chi connectivity index (χ0n) is 19.9. The van der Waals surface area contributed by atoms with E-state index in [0.29, 0.717) is 54.9 Å². The molecule has 2 aromatic carbocycles. The molecule has 13 heteroatoms. The molecule has 0 radical (unpaired) electrons. The molecule has 2 atom stereocenters. The quantitative estimate of drug-likeness (QED) is 0.113. The average molecular weight is 567 g/mol. The van der Waals surface area contributed by atoms with Crippen LogP contribution in [0.25, 0.3) is 10.4 Å². The fourth-order valence-corrected chi connectivity index (χ4v) is 5.87. The standard InChI is InChI=1S/C24H24Cl2N4O6S/c1-37(33,34)36-20-13-18-15(22(20)28-29-27)4-5-17-21(18)24(32)19-12-14(2-3-16(19)23(17)31)35-11-10-30(8-6-25)9-7-26/h2-5,12,20,22H,6-11,13H2,1H3. The number of benzene rings is 2. The van der Waals surface area contributed by atoms with E-state index in [2.05, 4.69) is 14.9 Å². The van der Waals surface area contributed by atoms with Crippen LogP contribution < -0.4 is 4.74 Å². The molecule has 0 bridgehead atoms. The van der Waals surface area contributed by atoms with Gasteiger partial charge in [-0.25, -0.2) is 0 Å². The van der Waals surface area contributed by atoms with Gasteiger partial charge in [-0.1, -0.05) is 11.2 Å². The van der Waals surface area contributed by atoms with Crippen LogP contribution in [0, 0.1) is 0 Å². The van der Waals surface area contributed by atoms with Crippen LogP contribution >= 0.6 is 23.2 Å². The highest BCUT2D eigenvalue weighted by Crippen LogP contribution is 2.42. The molecule has 37 heavy (non-hydrogen) atoms. The molecule has 2 aliphatic rings. The number of halogens is 2. The van der Waals surface area contributed by atoms with Crippen LogP contribution in [0.1, 0.15) is 49.0 Å². The summed E-state index contributed by atoms with van der Waals surface area (Å²) in [6.07, 6.45) is -0.123. The van der Waals surface area contributed by atoms with E-state index in [9.17, 15) is 18.0 Å². The molecule has 0 saturated heterocycles. The van der Waals surface area contributed by atoms with Gasteiger partial charge in [0.05, 0.1) is 18.4 Å². The monoisotopic (exact) mass is 566 g/mol. The average Bonchev–Trinajstić information content (AvgIpc) is 3.18. The van der Waals surface area contributed by atoms with Gasteiger partial charge in [-0.2, -0.15) is 8.42 Å². The zero-order valence-corrected chi connectivity index (χ0v) is 22.2. The summed E-state index contributed by atoms with van der Waals surface area (Å²) in [5.41, 5.74) is 10.8. The number of ether oxygens (including phenoxy) is 1. The van der Waals surface area contributed by atoms with Gasteiger partial charge >= 0.3 is 0 Å². The molecule has 0 amide bonds. The van der Waals surface area contributed by atoms with E-state index in [1.807, 2.05) is 0 Å². The third kappa shape index (κ3) is 5.77. The van der Waals surface area contributed by atoms with E-state index in [1.165, 1.54) is 12.1 Å². The van der Waals surface area contributed by atoms with Crippen LogP contribution in [-0.2, 0) is 20.7 Å². The third-order valence-corrected chi connectivity index (χ3v) is 7.26. The SMILES string of the molecule is CS(=O)(=O)OC1Cc2c(ccc3c2C(=O)c2cc(OCCN(CCCl)CCCl)ccc2C3=O)C1N=[N+]=[N-]. The Bertz CT molecular complexity index is 1390. The number of alkyl halides is 2. The van der Waals surface area contributed by atoms with Crippen LogP contribution in [0.2, 0.25) is 0 Å². The summed E-state index contributed by atoms with van der Waals surface area (Å²) in [6, 6.07) is 6.88. The lowest BCUT2D eigenvalue weighted by Crippen LogP contribution is -2.32. The molecule has 0 aromatic heterocycles. The fourth-order valence-electron chi connectivity index (χ4n) is 4.77. The summed E-state index contributed by atoms with van der Waals surface area (Å²) >= 11 is 11.7. The lowest BCUT2D eigenvalue weighted by molar-refractivity contribution is 0.0977. The van der Waals surface area contributed by atoms with Crippen molar-refractivity contribution in [1.82, 2.24) is 4.90 Å². The first-order valence-electron chi connectivity index (χ1n) is 11.5. The van der Waals surface area contributed by atoms with E-state index >= 15 is 0 Å². The van der Waals surface area contributed by atoms with Gasteiger partial charge in [-0.3, -0.25) is 18.7 Å². The molecule has 0 spiro atoms. The first-order valence-corrected chi connectivity index (χ1v) is 14.4. The molecule has 0 fully saturated rings. The molecular formula is C24H24Cl2N4O6S. The van der Waals surface area contributed by atoms with Gasteiger partial charge in [-0.05, 0) is 40.9 Å². The van der Waals surface area contributed by atoms with Crippen molar-refractivity contribution in [2.45, 2.75) is 18.6 Å². The molecule has 2 unspecified atom stereocenters. The molecule has 2 aromatic rings. The smallest absolute Gasteiger partial charge is 0.264 e. The Morgan fingerprint density at radius 1 is 1.05 bits per heavy atom. The summed E-state index contributed by atoms with van der Waals surface area (Å²) in [6.45, 7) is 2.25. The predicted molar refractivity (Wildman–Crippen MR) is 138 cm³/mol. The van der Waals surface area contributed by atoms with Crippen molar-refractivity contribution in [3.05, 3.63) is 74.2 Å². The minimum atomic E-state index is -3.87. The Kier molecular flexibility index (Phi) is 8.42. The normalized spacial score (nSPS) is 18.3. The first-order chi connectivity index (χ1) is 17.7. The molecule has 0 N–H and O–H groups in total. The third-order valence-electron chi connectivity index (χ3n) is 6.33. The Balaban J connectivity index is 1.64. The maximum absolute atomic E-state index is 13.7. The van der Waals surface area contributed by atoms with Crippen LogP contribution in [0.5, 0.6) is 5.75 Å². The van der Waals surface area contributed by atoms with Crippen molar-refractivity contribution < 1.29 is 26.9 Å². The zero-order chi connectivity index (χ0) is 26.7. The lowest BCUT2D eigenvalue weighted by Gasteiger charge is -2.22. The Labute approximate surface area is 224 Å². The van der Waals surface area contributed by atoms with Crippen molar-refractivity contribution in [2.24, 2.45) is 5.11 Å². The van der Waals surface area contributed by atoms with Gasteiger partial charge in [-0.15, -0.1) is 23.2 Å². The van der Waals surface area contributed by atoms with E-state index in [1.54, 1.807) is 18.2 Å². The lowest BCUT2D eigenvalue weighted by atomic mass is 9.80. The highest BCUT2D eigenvalue weighted by atomic mass is 35.5. The number of azide groups is 1. The van der Waals surface area contributed by atoms with E-state index < -0.39 is 28.0 Å². The maximum atomic E-state index is 13.7. The van der Waals surface area contributed by atoms with Gasteiger partial charge in [0.15, 0.2) is 11.6 Å². The summed E-state index contributed by atoms with van der Waals surface area (Å²) in [7, 11) is -3.87. The van der Waals surface area contributed by atoms with Gasteiger partial charge < -0.3 is 4.74 Å². The summed E-state index contributed by atoms with van der Waals surface area (Å²) in [5.74, 6) is 0.636. The van der Waals surface area contributed by atoms with E-state index in [4.69, 9.17) is 37.7 Å². The first kappa shape index (κ1) is 27.4. The Morgan fingerprint density at radius 3 is 2.41 bits per heavy atom. The number of ketones is 2.